The molecule has 0 bridgehead atoms. The molecule has 1 saturated carbocycles. The number of benzene rings is 1. The van der Waals surface area contributed by atoms with Gasteiger partial charge >= 0.3 is 0 Å². The van der Waals surface area contributed by atoms with Crippen molar-refractivity contribution in [1.82, 2.24) is 5.32 Å². The first kappa shape index (κ1) is 19.2. The third-order valence-corrected chi connectivity index (χ3v) is 6.92. The third kappa shape index (κ3) is 4.40. The number of hydrogen-bond donors (Lipinski definition) is 1. The van der Waals surface area contributed by atoms with Crippen LogP contribution in [0.2, 0.25) is 0 Å². The summed E-state index contributed by atoms with van der Waals surface area (Å²) in [6.45, 7) is 2.60. The number of anilines is 1. The molecular weight excluding hydrogens is 348 g/mol. The van der Waals surface area contributed by atoms with E-state index in [1.807, 2.05) is 13.0 Å². The van der Waals surface area contributed by atoms with E-state index in [0.29, 0.717) is 24.2 Å². The van der Waals surface area contributed by atoms with Gasteiger partial charge in [-0.2, -0.15) is 0 Å². The molecule has 2 aliphatic rings. The molecule has 3 rings (SSSR count). The molecule has 1 N–H and O–H groups in total. The highest BCUT2D eigenvalue weighted by atomic mass is 32.2. The first-order valence-corrected chi connectivity index (χ1v) is 11.6. The summed E-state index contributed by atoms with van der Waals surface area (Å²) in [7, 11) is -3.29. The van der Waals surface area contributed by atoms with Gasteiger partial charge in [0, 0.05) is 18.2 Å². The highest BCUT2D eigenvalue weighted by molar-refractivity contribution is 7.92. The lowest BCUT2D eigenvalue weighted by Crippen LogP contribution is -2.34. The number of amides is 1. The molecular formula is C20H30N2O3S. The normalized spacial score (nSPS) is 20.8. The van der Waals surface area contributed by atoms with Gasteiger partial charge in [-0.1, -0.05) is 32.1 Å². The van der Waals surface area contributed by atoms with Crippen molar-refractivity contribution in [2.45, 2.75) is 64.3 Å². The van der Waals surface area contributed by atoms with E-state index in [1.165, 1.54) is 49.1 Å². The zero-order valence-electron chi connectivity index (χ0n) is 15.8. The van der Waals surface area contributed by atoms with E-state index in [9.17, 15) is 13.2 Å². The fraction of sp³-hybridized carbons (Fsp3) is 0.650. The number of hydrogen-bond acceptors (Lipinski definition) is 3. The van der Waals surface area contributed by atoms with Gasteiger partial charge in [0.25, 0.3) is 5.91 Å². The molecule has 1 heterocycles. The van der Waals surface area contributed by atoms with Gasteiger partial charge < -0.3 is 5.32 Å². The molecule has 1 fully saturated rings. The monoisotopic (exact) mass is 378 g/mol. The number of carbonyl (C=O) groups is 1. The molecule has 1 aliphatic carbocycles. The standard InChI is InChI=1S/C20H30N2O3S/c1-15-13-18-14-17(10-11-19(18)22(15)26(2,24)25)20(23)21-12-6-9-16-7-4-3-5-8-16/h10-11,14-16H,3-9,12-13H2,1-2H3,(H,21,23). The number of nitrogens with one attached hydrogen (secondary N) is 1. The second-order valence-corrected chi connectivity index (χ2v) is 9.72. The van der Waals surface area contributed by atoms with Crippen LogP contribution in [-0.4, -0.2) is 33.2 Å². The van der Waals surface area contributed by atoms with E-state index in [0.717, 1.165) is 17.9 Å². The summed E-state index contributed by atoms with van der Waals surface area (Å²) in [6, 6.07) is 5.23. The second-order valence-electron chi connectivity index (χ2n) is 7.86. The predicted molar refractivity (Wildman–Crippen MR) is 105 cm³/mol. The van der Waals surface area contributed by atoms with Crippen LogP contribution >= 0.6 is 0 Å². The Morgan fingerprint density at radius 2 is 1.96 bits per heavy atom. The average Bonchev–Trinajstić information content (AvgIpc) is 2.94. The van der Waals surface area contributed by atoms with E-state index in [-0.39, 0.29) is 11.9 Å². The Bertz CT molecular complexity index is 754. The predicted octanol–water partition coefficient (Wildman–Crippen LogP) is 3.49. The molecule has 0 aromatic heterocycles. The molecule has 1 unspecified atom stereocenters. The van der Waals surface area contributed by atoms with E-state index in [4.69, 9.17) is 0 Å². The summed E-state index contributed by atoms with van der Waals surface area (Å²) in [6.07, 6.45) is 10.9. The van der Waals surface area contributed by atoms with Crippen molar-refractivity contribution in [1.29, 1.82) is 0 Å². The Labute approximate surface area is 157 Å². The molecule has 26 heavy (non-hydrogen) atoms. The van der Waals surface area contributed by atoms with Crippen molar-refractivity contribution in [2.24, 2.45) is 5.92 Å². The lowest BCUT2D eigenvalue weighted by molar-refractivity contribution is 0.0952. The molecule has 0 spiro atoms. The third-order valence-electron chi connectivity index (χ3n) is 5.65. The molecule has 5 nitrogen and oxygen atoms in total. The summed E-state index contributed by atoms with van der Waals surface area (Å²) in [5.74, 6) is 0.769. The number of fused-ring (bicyclic) bond motifs is 1. The number of rotatable bonds is 6. The fourth-order valence-electron chi connectivity index (χ4n) is 4.42. The van der Waals surface area contributed by atoms with Crippen LogP contribution in [0.3, 0.4) is 0 Å². The highest BCUT2D eigenvalue weighted by Gasteiger charge is 2.32. The first-order valence-electron chi connectivity index (χ1n) is 9.77. The highest BCUT2D eigenvalue weighted by Crippen LogP contribution is 2.34. The van der Waals surface area contributed by atoms with Gasteiger partial charge in [-0.05, 0) is 55.9 Å². The van der Waals surface area contributed by atoms with E-state index < -0.39 is 10.0 Å². The number of carbonyl (C=O) groups excluding carboxylic acids is 1. The number of sulfonamides is 1. The van der Waals surface area contributed by atoms with Crippen molar-refractivity contribution in [2.75, 3.05) is 17.1 Å². The molecule has 1 aromatic carbocycles. The van der Waals surface area contributed by atoms with Gasteiger partial charge in [0.2, 0.25) is 10.0 Å². The number of nitrogens with zero attached hydrogens (tertiary/aromatic N) is 1. The zero-order chi connectivity index (χ0) is 18.7. The van der Waals surface area contributed by atoms with Crippen LogP contribution in [0.1, 0.15) is 67.8 Å². The van der Waals surface area contributed by atoms with Crippen molar-refractivity contribution in [3.8, 4) is 0 Å². The van der Waals surface area contributed by atoms with Crippen LogP contribution in [0.5, 0.6) is 0 Å². The van der Waals surface area contributed by atoms with Crippen LogP contribution in [-0.2, 0) is 16.4 Å². The molecule has 6 heteroatoms. The van der Waals surface area contributed by atoms with Gasteiger partial charge in [-0.25, -0.2) is 8.42 Å². The Morgan fingerprint density at radius 1 is 1.23 bits per heavy atom. The quantitative estimate of drug-likeness (QED) is 0.771. The maximum absolute atomic E-state index is 12.4. The maximum Gasteiger partial charge on any atom is 0.251 e. The smallest absolute Gasteiger partial charge is 0.251 e. The molecule has 1 atom stereocenters. The Hall–Kier alpha value is -1.56. The van der Waals surface area contributed by atoms with Crippen LogP contribution in [0.4, 0.5) is 5.69 Å². The summed E-state index contributed by atoms with van der Waals surface area (Å²) >= 11 is 0. The van der Waals surface area contributed by atoms with Crippen molar-refractivity contribution < 1.29 is 13.2 Å². The lowest BCUT2D eigenvalue weighted by atomic mass is 9.86. The molecule has 1 amide bonds. The minimum atomic E-state index is -3.29. The maximum atomic E-state index is 12.4. The van der Waals surface area contributed by atoms with Crippen LogP contribution in [0.15, 0.2) is 18.2 Å². The van der Waals surface area contributed by atoms with E-state index >= 15 is 0 Å². The Kier molecular flexibility index (Phi) is 5.90. The zero-order valence-corrected chi connectivity index (χ0v) is 16.6. The second kappa shape index (κ2) is 7.99. The van der Waals surface area contributed by atoms with Crippen LogP contribution < -0.4 is 9.62 Å². The molecule has 1 aromatic rings. The van der Waals surface area contributed by atoms with Gasteiger partial charge in [0.05, 0.1) is 11.9 Å². The van der Waals surface area contributed by atoms with Gasteiger partial charge in [-0.15, -0.1) is 0 Å². The van der Waals surface area contributed by atoms with Crippen molar-refractivity contribution >= 4 is 21.6 Å². The van der Waals surface area contributed by atoms with Crippen molar-refractivity contribution in [3.63, 3.8) is 0 Å². The molecule has 1 aliphatic heterocycles. The summed E-state index contributed by atoms with van der Waals surface area (Å²) < 4.78 is 25.4. The molecule has 0 radical (unpaired) electrons. The first-order chi connectivity index (χ1) is 12.4. The summed E-state index contributed by atoms with van der Waals surface area (Å²) in [5.41, 5.74) is 2.25. The fourth-order valence-corrected chi connectivity index (χ4v) is 5.68. The van der Waals surface area contributed by atoms with Crippen molar-refractivity contribution in [3.05, 3.63) is 29.3 Å². The summed E-state index contributed by atoms with van der Waals surface area (Å²) in [5, 5.41) is 3.01. The SMILES string of the molecule is CC1Cc2cc(C(=O)NCCCC3CCCCC3)ccc2N1S(C)(=O)=O. The minimum absolute atomic E-state index is 0.0677. The van der Waals surface area contributed by atoms with Gasteiger partial charge in [-0.3, -0.25) is 9.10 Å². The molecule has 0 saturated heterocycles. The van der Waals surface area contributed by atoms with Gasteiger partial charge in [0.15, 0.2) is 0 Å². The Balaban J connectivity index is 1.55. The Morgan fingerprint density at radius 3 is 2.65 bits per heavy atom. The van der Waals surface area contributed by atoms with Gasteiger partial charge in [0.1, 0.15) is 0 Å². The topological polar surface area (TPSA) is 66.5 Å². The van der Waals surface area contributed by atoms with E-state index in [1.54, 1.807) is 12.1 Å². The summed E-state index contributed by atoms with van der Waals surface area (Å²) in [4.78, 5) is 12.4. The largest absolute Gasteiger partial charge is 0.352 e. The van der Waals surface area contributed by atoms with Crippen LogP contribution in [0.25, 0.3) is 0 Å². The van der Waals surface area contributed by atoms with Crippen LogP contribution in [0, 0.1) is 5.92 Å². The average molecular weight is 379 g/mol. The van der Waals surface area contributed by atoms with E-state index in [2.05, 4.69) is 5.32 Å². The molecule has 144 valence electrons. The lowest BCUT2D eigenvalue weighted by Gasteiger charge is -2.22. The minimum Gasteiger partial charge on any atom is -0.352 e.